The molecule has 10 heteroatoms. The summed E-state index contributed by atoms with van der Waals surface area (Å²) in [5, 5.41) is 14.2. The van der Waals surface area contributed by atoms with Gasteiger partial charge in [-0.05, 0) is 24.3 Å². The van der Waals surface area contributed by atoms with E-state index in [9.17, 15) is 9.50 Å². The van der Waals surface area contributed by atoms with Crippen LogP contribution in [0.2, 0.25) is 5.02 Å². The van der Waals surface area contributed by atoms with Gasteiger partial charge >= 0.3 is 0 Å². The van der Waals surface area contributed by atoms with Crippen LogP contribution in [0.15, 0.2) is 36.7 Å². The first-order chi connectivity index (χ1) is 15.5. The van der Waals surface area contributed by atoms with E-state index in [2.05, 4.69) is 20.2 Å². The topological polar surface area (TPSA) is 89.0 Å². The summed E-state index contributed by atoms with van der Waals surface area (Å²) in [7, 11) is 1.54. The molecule has 3 aromatic rings. The molecule has 0 aliphatic carbocycles. The average molecular weight is 463 g/mol. The fourth-order valence-electron chi connectivity index (χ4n) is 3.47. The molecule has 1 aliphatic heterocycles. The Bertz CT molecular complexity index is 1080. The lowest BCUT2D eigenvalue weighted by Crippen LogP contribution is -2.42. The highest BCUT2D eigenvalue weighted by molar-refractivity contribution is 6.31. The van der Waals surface area contributed by atoms with Gasteiger partial charge in [0.25, 0.3) is 0 Å². The van der Waals surface area contributed by atoms with E-state index in [-0.39, 0.29) is 11.6 Å². The molecule has 1 saturated heterocycles. The number of aromatic nitrogens is 2. The zero-order valence-electron chi connectivity index (χ0n) is 17.6. The summed E-state index contributed by atoms with van der Waals surface area (Å²) in [6.45, 7) is 3.51. The summed E-state index contributed by atoms with van der Waals surface area (Å²) in [4.78, 5) is 10.7. The maximum absolute atomic E-state index is 13.5. The quantitative estimate of drug-likeness (QED) is 0.527. The van der Waals surface area contributed by atoms with Gasteiger partial charge in [-0.1, -0.05) is 11.6 Å². The number of hydrogen-bond donors (Lipinski definition) is 2. The van der Waals surface area contributed by atoms with E-state index in [4.69, 9.17) is 25.8 Å². The molecule has 170 valence electrons. The van der Waals surface area contributed by atoms with Crippen LogP contribution >= 0.6 is 11.6 Å². The number of morpholine rings is 1. The molecule has 1 fully saturated rings. The zero-order chi connectivity index (χ0) is 22.5. The molecule has 1 aliphatic rings. The summed E-state index contributed by atoms with van der Waals surface area (Å²) in [6.07, 6.45) is 0.751. The molecule has 1 aromatic heterocycles. The van der Waals surface area contributed by atoms with Crippen molar-refractivity contribution in [3.63, 3.8) is 0 Å². The molecule has 0 radical (unpaired) electrons. The maximum atomic E-state index is 13.5. The standard InChI is InChI=1S/C22H24ClFN4O4/c1-30-20-10-19-16(9-21(20)32-12-15(29)11-28-4-6-31-7-5-28)22(26-13-25-19)27-14-2-3-18(24)17(23)8-14/h2-3,8-10,13,15,29H,4-7,11-12H2,1H3,(H,25,26,27)/t15-/m0/s1. The smallest absolute Gasteiger partial charge is 0.162 e. The Kier molecular flexibility index (Phi) is 7.21. The number of aliphatic hydroxyl groups is 1. The van der Waals surface area contributed by atoms with Crippen LogP contribution in [-0.4, -0.2) is 72.6 Å². The highest BCUT2D eigenvalue weighted by Crippen LogP contribution is 2.35. The Balaban J connectivity index is 1.54. The highest BCUT2D eigenvalue weighted by atomic mass is 35.5. The van der Waals surface area contributed by atoms with Gasteiger partial charge in [0.05, 0.1) is 30.9 Å². The number of benzene rings is 2. The molecule has 4 rings (SSSR count). The minimum Gasteiger partial charge on any atom is -0.493 e. The molecule has 32 heavy (non-hydrogen) atoms. The van der Waals surface area contributed by atoms with Gasteiger partial charge in [0.15, 0.2) is 11.5 Å². The van der Waals surface area contributed by atoms with Crippen molar-refractivity contribution in [1.29, 1.82) is 0 Å². The SMILES string of the molecule is COc1cc2ncnc(Nc3ccc(F)c(Cl)c3)c2cc1OC[C@@H](O)CN1CCOCC1. The minimum absolute atomic E-state index is 0.00769. The van der Waals surface area contributed by atoms with Crippen LogP contribution in [0.25, 0.3) is 10.9 Å². The number of β-amino-alcohol motifs (C(OH)–C–C–N with tert-alkyl or cyclic N) is 1. The van der Waals surface area contributed by atoms with Crippen LogP contribution in [0.3, 0.4) is 0 Å². The van der Waals surface area contributed by atoms with Crippen LogP contribution < -0.4 is 14.8 Å². The van der Waals surface area contributed by atoms with Crippen LogP contribution in [0.5, 0.6) is 11.5 Å². The first kappa shape index (κ1) is 22.5. The number of nitrogens with zero attached hydrogens (tertiary/aromatic N) is 3. The molecule has 1 atom stereocenters. The van der Waals surface area contributed by atoms with Crippen molar-refractivity contribution < 1.29 is 23.7 Å². The molecular weight excluding hydrogens is 439 g/mol. The summed E-state index contributed by atoms with van der Waals surface area (Å²) in [5.74, 6) is 0.946. The number of halogens is 2. The third-order valence-electron chi connectivity index (χ3n) is 5.11. The van der Waals surface area contributed by atoms with E-state index in [1.807, 2.05) is 0 Å². The average Bonchev–Trinajstić information content (AvgIpc) is 2.80. The Morgan fingerprint density at radius 2 is 2.03 bits per heavy atom. The number of ether oxygens (including phenoxy) is 3. The van der Waals surface area contributed by atoms with Gasteiger partial charge in [-0.25, -0.2) is 14.4 Å². The maximum Gasteiger partial charge on any atom is 0.162 e. The highest BCUT2D eigenvalue weighted by Gasteiger charge is 2.17. The van der Waals surface area contributed by atoms with E-state index >= 15 is 0 Å². The number of anilines is 2. The van der Waals surface area contributed by atoms with Crippen molar-refractivity contribution in [3.05, 3.63) is 47.5 Å². The van der Waals surface area contributed by atoms with Crippen molar-refractivity contribution in [2.75, 3.05) is 51.9 Å². The number of hydrogen-bond acceptors (Lipinski definition) is 8. The largest absolute Gasteiger partial charge is 0.493 e. The third kappa shape index (κ3) is 5.36. The lowest BCUT2D eigenvalue weighted by Gasteiger charge is -2.28. The second-order valence-corrected chi connectivity index (χ2v) is 7.78. The zero-order valence-corrected chi connectivity index (χ0v) is 18.3. The number of nitrogens with one attached hydrogen (secondary N) is 1. The molecule has 0 unspecified atom stereocenters. The van der Waals surface area contributed by atoms with E-state index in [0.717, 1.165) is 13.1 Å². The predicted molar refractivity (Wildman–Crippen MR) is 120 cm³/mol. The predicted octanol–water partition coefficient (Wildman–Crippen LogP) is 3.25. The number of rotatable bonds is 8. The van der Waals surface area contributed by atoms with Crippen molar-refractivity contribution >= 4 is 34.0 Å². The Morgan fingerprint density at radius 1 is 1.22 bits per heavy atom. The monoisotopic (exact) mass is 462 g/mol. The fourth-order valence-corrected chi connectivity index (χ4v) is 3.65. The van der Waals surface area contributed by atoms with Gasteiger partial charge in [0.1, 0.15) is 30.7 Å². The summed E-state index contributed by atoms with van der Waals surface area (Å²) in [6, 6.07) is 7.82. The summed E-state index contributed by atoms with van der Waals surface area (Å²) >= 11 is 5.89. The Hall–Kier alpha value is -2.72. The van der Waals surface area contributed by atoms with Gasteiger partial charge in [-0.2, -0.15) is 0 Å². The van der Waals surface area contributed by atoms with Crippen LogP contribution in [-0.2, 0) is 4.74 Å². The van der Waals surface area contributed by atoms with E-state index < -0.39 is 11.9 Å². The number of aliphatic hydroxyl groups excluding tert-OH is 1. The lowest BCUT2D eigenvalue weighted by atomic mass is 10.2. The first-order valence-electron chi connectivity index (χ1n) is 10.2. The summed E-state index contributed by atoms with van der Waals surface area (Å²) < 4.78 is 30.2. The molecule has 0 bridgehead atoms. The molecular formula is C22H24ClFN4O4. The lowest BCUT2D eigenvalue weighted by molar-refractivity contribution is 0.00447. The molecule has 2 N–H and O–H groups in total. The minimum atomic E-state index is -0.667. The van der Waals surface area contributed by atoms with Crippen molar-refractivity contribution in [1.82, 2.24) is 14.9 Å². The van der Waals surface area contributed by atoms with Gasteiger partial charge < -0.3 is 24.6 Å². The van der Waals surface area contributed by atoms with Crippen molar-refractivity contribution in [2.24, 2.45) is 0 Å². The van der Waals surface area contributed by atoms with Gasteiger partial charge in [-0.3, -0.25) is 4.90 Å². The van der Waals surface area contributed by atoms with Crippen molar-refractivity contribution in [2.45, 2.75) is 6.10 Å². The van der Waals surface area contributed by atoms with Gasteiger partial charge in [-0.15, -0.1) is 0 Å². The van der Waals surface area contributed by atoms with Crippen LogP contribution in [0.4, 0.5) is 15.9 Å². The van der Waals surface area contributed by atoms with Gasteiger partial charge in [0.2, 0.25) is 0 Å². The first-order valence-corrected chi connectivity index (χ1v) is 10.6. The van der Waals surface area contributed by atoms with Crippen molar-refractivity contribution in [3.8, 4) is 11.5 Å². The third-order valence-corrected chi connectivity index (χ3v) is 5.40. The second kappa shape index (κ2) is 10.3. The fraction of sp³-hybridized carbons (Fsp3) is 0.364. The Labute approximate surface area is 189 Å². The molecule has 0 amide bonds. The summed E-state index contributed by atoms with van der Waals surface area (Å²) in [5.41, 5.74) is 1.21. The van der Waals surface area contributed by atoms with E-state index in [1.54, 1.807) is 25.3 Å². The normalized spacial score (nSPS) is 15.5. The molecule has 8 nitrogen and oxygen atoms in total. The van der Waals surface area contributed by atoms with E-state index in [0.29, 0.717) is 53.7 Å². The molecule has 0 saturated carbocycles. The molecule has 0 spiro atoms. The Morgan fingerprint density at radius 3 is 2.78 bits per heavy atom. The number of fused-ring (bicyclic) bond motifs is 1. The second-order valence-electron chi connectivity index (χ2n) is 7.37. The number of methoxy groups -OCH3 is 1. The van der Waals surface area contributed by atoms with Crippen LogP contribution in [0.1, 0.15) is 0 Å². The van der Waals surface area contributed by atoms with Gasteiger partial charge in [0, 0.05) is 36.8 Å². The van der Waals surface area contributed by atoms with Crippen LogP contribution in [0, 0.1) is 5.82 Å². The van der Waals surface area contributed by atoms with E-state index in [1.165, 1.54) is 18.5 Å². The molecule has 2 heterocycles. The molecule has 2 aromatic carbocycles.